The van der Waals surface area contributed by atoms with Crippen LogP contribution in [0, 0.1) is 0 Å². The third-order valence-electron chi connectivity index (χ3n) is 2.96. The summed E-state index contributed by atoms with van der Waals surface area (Å²) in [6.07, 6.45) is -2.53. The molecule has 0 saturated heterocycles. The van der Waals surface area contributed by atoms with Gasteiger partial charge in [-0.05, 0) is 18.2 Å². The van der Waals surface area contributed by atoms with Gasteiger partial charge >= 0.3 is 0 Å². The molecule has 0 atom stereocenters. The summed E-state index contributed by atoms with van der Waals surface area (Å²) >= 11 is 0. The Morgan fingerprint density at radius 2 is 1.89 bits per heavy atom. The number of aromatic amines is 1. The number of aromatic nitrogens is 2. The van der Waals surface area contributed by atoms with Crippen LogP contribution in [0.15, 0.2) is 42.5 Å². The third kappa shape index (κ3) is 2.03. The number of nitrogens with two attached hydrogens (primary N) is 1. The maximum atomic E-state index is 13.0. The summed E-state index contributed by atoms with van der Waals surface area (Å²) in [7, 11) is 0. The monoisotopic (exact) mass is 259 g/mol. The molecule has 0 aliphatic rings. The van der Waals surface area contributed by atoms with E-state index in [9.17, 15) is 8.78 Å². The topological polar surface area (TPSA) is 54.7 Å². The highest BCUT2D eigenvalue weighted by atomic mass is 19.3. The van der Waals surface area contributed by atoms with Gasteiger partial charge in [-0.2, -0.15) is 0 Å². The minimum Gasteiger partial charge on any atom is -0.399 e. The maximum Gasteiger partial charge on any atom is 0.264 e. The molecule has 3 aromatic rings. The SMILES string of the molecule is Nc1ccc2nc(-c3ccccc3C(F)F)[nH]c2c1. The number of imidazole rings is 1. The van der Waals surface area contributed by atoms with Crippen LogP contribution in [0.3, 0.4) is 0 Å². The number of hydrogen-bond acceptors (Lipinski definition) is 2. The Balaban J connectivity index is 2.19. The molecule has 3 rings (SSSR count). The van der Waals surface area contributed by atoms with Crippen molar-refractivity contribution < 1.29 is 8.78 Å². The number of fused-ring (bicyclic) bond motifs is 1. The van der Waals surface area contributed by atoms with E-state index in [1.165, 1.54) is 6.07 Å². The lowest BCUT2D eigenvalue weighted by Gasteiger charge is -2.05. The molecule has 0 aliphatic heterocycles. The number of halogens is 2. The largest absolute Gasteiger partial charge is 0.399 e. The van der Waals surface area contributed by atoms with Crippen molar-refractivity contribution in [2.24, 2.45) is 0 Å². The van der Waals surface area contributed by atoms with Gasteiger partial charge in [-0.15, -0.1) is 0 Å². The van der Waals surface area contributed by atoms with Crippen LogP contribution in [0.4, 0.5) is 14.5 Å². The second-order valence-corrected chi connectivity index (χ2v) is 4.25. The van der Waals surface area contributed by atoms with Crippen LogP contribution in [0.25, 0.3) is 22.4 Å². The maximum absolute atomic E-state index is 13.0. The number of hydrogen-bond donors (Lipinski definition) is 2. The van der Waals surface area contributed by atoms with Crippen LogP contribution in [-0.4, -0.2) is 9.97 Å². The molecule has 3 N–H and O–H groups in total. The quantitative estimate of drug-likeness (QED) is 0.688. The summed E-state index contributed by atoms with van der Waals surface area (Å²) in [6.45, 7) is 0. The zero-order chi connectivity index (χ0) is 13.4. The second-order valence-electron chi connectivity index (χ2n) is 4.25. The highest BCUT2D eigenvalue weighted by Crippen LogP contribution is 2.30. The van der Waals surface area contributed by atoms with Crippen molar-refractivity contribution in [1.82, 2.24) is 9.97 Å². The van der Waals surface area contributed by atoms with E-state index in [0.717, 1.165) is 5.52 Å². The minimum absolute atomic E-state index is 0.0328. The lowest BCUT2D eigenvalue weighted by atomic mass is 10.1. The summed E-state index contributed by atoms with van der Waals surface area (Å²) in [4.78, 5) is 7.35. The number of anilines is 1. The van der Waals surface area contributed by atoms with Crippen molar-refractivity contribution in [3.63, 3.8) is 0 Å². The van der Waals surface area contributed by atoms with Crippen LogP contribution < -0.4 is 5.73 Å². The average molecular weight is 259 g/mol. The Morgan fingerprint density at radius 1 is 1.11 bits per heavy atom. The molecule has 0 saturated carbocycles. The van der Waals surface area contributed by atoms with Gasteiger partial charge in [0, 0.05) is 16.8 Å². The zero-order valence-electron chi connectivity index (χ0n) is 9.90. The van der Waals surface area contributed by atoms with Gasteiger partial charge in [0.2, 0.25) is 0 Å². The molecule has 0 radical (unpaired) electrons. The molecular formula is C14H11F2N3. The number of H-pyrrole nitrogens is 1. The number of nitrogen functional groups attached to an aromatic ring is 1. The van der Waals surface area contributed by atoms with E-state index >= 15 is 0 Å². The van der Waals surface area contributed by atoms with Crippen LogP contribution >= 0.6 is 0 Å². The van der Waals surface area contributed by atoms with Gasteiger partial charge in [-0.1, -0.05) is 24.3 Å². The molecule has 1 heterocycles. The first-order valence-electron chi connectivity index (χ1n) is 5.78. The molecule has 3 nitrogen and oxygen atoms in total. The first-order valence-corrected chi connectivity index (χ1v) is 5.78. The van der Waals surface area contributed by atoms with Gasteiger partial charge in [-0.3, -0.25) is 0 Å². The molecule has 1 aromatic heterocycles. The van der Waals surface area contributed by atoms with E-state index < -0.39 is 6.43 Å². The number of alkyl halides is 2. The zero-order valence-corrected chi connectivity index (χ0v) is 9.90. The first-order chi connectivity index (χ1) is 9.15. The van der Waals surface area contributed by atoms with E-state index in [0.29, 0.717) is 22.6 Å². The molecule has 0 unspecified atom stereocenters. The third-order valence-corrected chi connectivity index (χ3v) is 2.96. The average Bonchev–Trinajstić information content (AvgIpc) is 2.81. The summed E-state index contributed by atoms with van der Waals surface area (Å²) < 4.78 is 25.9. The normalized spacial score (nSPS) is 11.3. The molecule has 2 aromatic carbocycles. The van der Waals surface area contributed by atoms with E-state index in [2.05, 4.69) is 9.97 Å². The Hall–Kier alpha value is -2.43. The summed E-state index contributed by atoms with van der Waals surface area (Å²) in [5.41, 5.74) is 8.10. The van der Waals surface area contributed by atoms with E-state index in [-0.39, 0.29) is 5.56 Å². The molecular weight excluding hydrogens is 248 g/mol. The Morgan fingerprint density at radius 3 is 2.68 bits per heavy atom. The van der Waals surface area contributed by atoms with E-state index in [1.54, 1.807) is 36.4 Å². The van der Waals surface area contributed by atoms with Gasteiger partial charge in [0.15, 0.2) is 0 Å². The molecule has 0 spiro atoms. The Bertz CT molecular complexity index is 734. The molecule has 19 heavy (non-hydrogen) atoms. The van der Waals surface area contributed by atoms with Gasteiger partial charge in [0.1, 0.15) is 5.82 Å². The summed E-state index contributed by atoms with van der Waals surface area (Å²) in [5, 5.41) is 0. The van der Waals surface area contributed by atoms with E-state index in [1.807, 2.05) is 0 Å². The highest BCUT2D eigenvalue weighted by Gasteiger charge is 2.15. The predicted molar refractivity (Wildman–Crippen MR) is 70.9 cm³/mol. The van der Waals surface area contributed by atoms with Gasteiger partial charge in [0.25, 0.3) is 6.43 Å². The molecule has 5 heteroatoms. The lowest BCUT2D eigenvalue weighted by Crippen LogP contribution is -1.90. The first kappa shape index (κ1) is 11.6. The molecule has 0 bridgehead atoms. The Labute approximate surface area is 108 Å². The van der Waals surface area contributed by atoms with Crippen molar-refractivity contribution in [3.8, 4) is 11.4 Å². The number of benzene rings is 2. The minimum atomic E-state index is -2.53. The van der Waals surface area contributed by atoms with Gasteiger partial charge < -0.3 is 10.7 Å². The number of nitrogens with zero attached hydrogens (tertiary/aromatic N) is 1. The molecule has 0 aliphatic carbocycles. The second kappa shape index (κ2) is 4.35. The fourth-order valence-corrected chi connectivity index (χ4v) is 2.06. The standard InChI is InChI=1S/C14H11F2N3/c15-13(16)9-3-1-2-4-10(9)14-18-11-6-5-8(17)7-12(11)19-14/h1-7,13H,17H2,(H,18,19). The van der Waals surface area contributed by atoms with Gasteiger partial charge in [0.05, 0.1) is 11.0 Å². The van der Waals surface area contributed by atoms with E-state index in [4.69, 9.17) is 5.73 Å². The van der Waals surface area contributed by atoms with Gasteiger partial charge in [-0.25, -0.2) is 13.8 Å². The van der Waals surface area contributed by atoms with Crippen LogP contribution in [-0.2, 0) is 0 Å². The van der Waals surface area contributed by atoms with Crippen molar-refractivity contribution >= 4 is 16.7 Å². The summed E-state index contributed by atoms with van der Waals surface area (Å²) in [6, 6.07) is 11.6. The van der Waals surface area contributed by atoms with Crippen molar-refractivity contribution in [2.75, 3.05) is 5.73 Å². The molecule has 0 fully saturated rings. The highest BCUT2D eigenvalue weighted by molar-refractivity contribution is 5.82. The molecule has 0 amide bonds. The van der Waals surface area contributed by atoms with Crippen LogP contribution in [0.1, 0.15) is 12.0 Å². The van der Waals surface area contributed by atoms with Crippen molar-refractivity contribution in [1.29, 1.82) is 0 Å². The van der Waals surface area contributed by atoms with Crippen LogP contribution in [0.5, 0.6) is 0 Å². The fourth-order valence-electron chi connectivity index (χ4n) is 2.06. The Kier molecular flexibility index (Phi) is 2.67. The lowest BCUT2D eigenvalue weighted by molar-refractivity contribution is 0.152. The molecule has 96 valence electrons. The van der Waals surface area contributed by atoms with Crippen LogP contribution in [0.2, 0.25) is 0 Å². The van der Waals surface area contributed by atoms with Crippen molar-refractivity contribution in [3.05, 3.63) is 48.0 Å². The summed E-state index contributed by atoms with van der Waals surface area (Å²) in [5.74, 6) is 0.427. The number of nitrogens with one attached hydrogen (secondary N) is 1. The van der Waals surface area contributed by atoms with Crippen molar-refractivity contribution in [2.45, 2.75) is 6.43 Å². The smallest absolute Gasteiger partial charge is 0.264 e. The fraction of sp³-hybridized carbons (Fsp3) is 0.0714. The number of rotatable bonds is 2. The predicted octanol–water partition coefficient (Wildman–Crippen LogP) is 3.75.